The molecule has 0 radical (unpaired) electrons. The van der Waals surface area contributed by atoms with E-state index < -0.39 is 0 Å². The summed E-state index contributed by atoms with van der Waals surface area (Å²) in [5.74, 6) is 4.06. The van der Waals surface area contributed by atoms with Crippen LogP contribution in [0.5, 0.6) is 0 Å². The van der Waals surface area contributed by atoms with Crippen LogP contribution in [0.15, 0.2) is 10.2 Å². The Kier molecular flexibility index (Phi) is 17.7. The molecule has 0 fully saturated rings. The first kappa shape index (κ1) is 23.0. The van der Waals surface area contributed by atoms with E-state index in [1.165, 1.54) is 6.92 Å². The molecule has 3 amide bonds. The Balaban J connectivity index is 0. The summed E-state index contributed by atoms with van der Waals surface area (Å²) in [7, 11) is 0. The van der Waals surface area contributed by atoms with Crippen LogP contribution >= 0.6 is 0 Å². The van der Waals surface area contributed by atoms with Gasteiger partial charge in [0.2, 0.25) is 17.7 Å². The van der Waals surface area contributed by atoms with Gasteiger partial charge in [-0.05, 0) is 12.8 Å². The van der Waals surface area contributed by atoms with Gasteiger partial charge in [-0.25, -0.2) is 16.7 Å². The predicted octanol–water partition coefficient (Wildman–Crippen LogP) is 0.567. The molecule has 0 spiro atoms. The molecular weight excluding hydrogens is 300 g/mol. The maximum Gasteiger partial charge on any atom is 0.240 e. The summed E-state index contributed by atoms with van der Waals surface area (Å²) in [5, 5.41) is 7.31. The number of rotatable bonds is 9. The summed E-state index contributed by atoms with van der Waals surface area (Å²) in [4.78, 5) is 31.8. The van der Waals surface area contributed by atoms with Crippen LogP contribution in [0.4, 0.5) is 0 Å². The molecule has 0 saturated heterocycles. The Morgan fingerprint density at radius 2 is 1.39 bits per heavy atom. The second kappa shape index (κ2) is 17.8. The van der Waals surface area contributed by atoms with Gasteiger partial charge < -0.3 is 0 Å². The first-order valence-electron chi connectivity index (χ1n) is 7.55. The van der Waals surface area contributed by atoms with Crippen molar-refractivity contribution in [2.24, 2.45) is 16.0 Å². The third-order valence-corrected chi connectivity index (χ3v) is 2.17. The lowest BCUT2D eigenvalue weighted by molar-refractivity contribution is -0.126. The molecule has 0 aromatic carbocycles. The van der Waals surface area contributed by atoms with Crippen molar-refractivity contribution in [1.29, 1.82) is 0 Å². The van der Waals surface area contributed by atoms with Crippen molar-refractivity contribution in [2.75, 3.05) is 0 Å². The molecule has 5 N–H and O–H groups in total. The van der Waals surface area contributed by atoms with Gasteiger partial charge in [0.1, 0.15) is 0 Å². The predicted molar refractivity (Wildman–Crippen MR) is 90.3 cm³/mol. The van der Waals surface area contributed by atoms with Crippen LogP contribution in [0.3, 0.4) is 0 Å². The van der Waals surface area contributed by atoms with Gasteiger partial charge in [-0.3, -0.25) is 19.8 Å². The van der Waals surface area contributed by atoms with E-state index >= 15 is 0 Å². The third-order valence-electron chi connectivity index (χ3n) is 2.17. The van der Waals surface area contributed by atoms with E-state index in [9.17, 15) is 14.4 Å². The summed E-state index contributed by atoms with van der Waals surface area (Å²) >= 11 is 0. The average Bonchev–Trinajstić information content (AvgIpc) is 2.53. The zero-order chi connectivity index (χ0) is 17.9. The van der Waals surface area contributed by atoms with Crippen molar-refractivity contribution < 1.29 is 14.4 Å². The molecule has 9 heteroatoms. The highest BCUT2D eigenvalue weighted by atomic mass is 16.2. The van der Waals surface area contributed by atoms with Gasteiger partial charge in [-0.15, -0.1) is 0 Å². The highest BCUT2D eigenvalue weighted by molar-refractivity contribution is 5.83. The fourth-order valence-electron chi connectivity index (χ4n) is 0.997. The van der Waals surface area contributed by atoms with Crippen LogP contribution < -0.4 is 22.1 Å². The first-order valence-corrected chi connectivity index (χ1v) is 7.55. The van der Waals surface area contributed by atoms with E-state index in [0.29, 0.717) is 0 Å². The number of hydrazine groups is 1. The molecule has 0 aromatic heterocycles. The first-order chi connectivity index (χ1) is 11.0. The zero-order valence-electron chi connectivity index (χ0n) is 14.1. The van der Waals surface area contributed by atoms with E-state index in [4.69, 9.17) is 5.84 Å². The standard InChI is InChI=1S/C8H16N4O2.C6H12N2O/c1-2-3-6-10-12-8(14)5-4-7(13)11-9;1-3-4-5-7-8-6(2)9/h6H,2-5,9H2,1H3,(H,11,13)(H,12,14);5H,3-4H2,1-2H3,(H,8,9)/b10-6+;7-5+. The Morgan fingerprint density at radius 3 is 1.83 bits per heavy atom. The van der Waals surface area contributed by atoms with Gasteiger partial charge in [0.25, 0.3) is 0 Å². The molecule has 0 rings (SSSR count). The largest absolute Gasteiger partial charge is 0.294 e. The number of nitrogens with two attached hydrogens (primary N) is 1. The molecule has 0 aromatic rings. The van der Waals surface area contributed by atoms with Gasteiger partial charge in [0, 0.05) is 32.2 Å². The number of hydrazone groups is 2. The van der Waals surface area contributed by atoms with Crippen LogP contribution in [0.25, 0.3) is 0 Å². The minimum atomic E-state index is -0.363. The highest BCUT2D eigenvalue weighted by Gasteiger charge is 2.03. The van der Waals surface area contributed by atoms with Crippen molar-refractivity contribution in [3.05, 3.63) is 0 Å². The van der Waals surface area contributed by atoms with E-state index in [2.05, 4.69) is 28.0 Å². The van der Waals surface area contributed by atoms with Gasteiger partial charge >= 0.3 is 0 Å². The molecule has 0 aliphatic rings. The molecule has 0 unspecified atom stereocenters. The van der Waals surface area contributed by atoms with Crippen LogP contribution in [-0.4, -0.2) is 30.2 Å². The molecule has 0 atom stereocenters. The molecule has 132 valence electrons. The summed E-state index contributed by atoms with van der Waals surface area (Å²) in [6, 6.07) is 0. The second-order valence-corrected chi connectivity index (χ2v) is 4.47. The normalized spacial score (nSPS) is 10.1. The lowest BCUT2D eigenvalue weighted by Crippen LogP contribution is -2.31. The minimum absolute atomic E-state index is 0.0750. The molecule has 0 heterocycles. The number of hydrogen-bond donors (Lipinski definition) is 4. The van der Waals surface area contributed by atoms with Crippen molar-refractivity contribution in [1.82, 2.24) is 16.3 Å². The molecule has 23 heavy (non-hydrogen) atoms. The Labute approximate surface area is 137 Å². The fourth-order valence-corrected chi connectivity index (χ4v) is 0.997. The maximum absolute atomic E-state index is 11.0. The zero-order valence-corrected chi connectivity index (χ0v) is 14.1. The molecular formula is C14H28N6O3. The van der Waals surface area contributed by atoms with Crippen molar-refractivity contribution >= 4 is 30.2 Å². The molecule has 0 bridgehead atoms. The summed E-state index contributed by atoms with van der Waals surface area (Å²) in [6.07, 6.45) is 7.27. The Hall–Kier alpha value is -2.29. The van der Waals surface area contributed by atoms with Crippen LogP contribution in [0.1, 0.15) is 59.3 Å². The topological polar surface area (TPSA) is 138 Å². The molecule has 0 aliphatic carbocycles. The number of amides is 3. The van der Waals surface area contributed by atoms with Gasteiger partial charge in [0.15, 0.2) is 0 Å². The van der Waals surface area contributed by atoms with Gasteiger partial charge in [-0.2, -0.15) is 10.2 Å². The van der Waals surface area contributed by atoms with E-state index in [-0.39, 0.29) is 30.6 Å². The van der Waals surface area contributed by atoms with Crippen molar-refractivity contribution in [3.8, 4) is 0 Å². The Morgan fingerprint density at radius 1 is 0.913 bits per heavy atom. The monoisotopic (exact) mass is 328 g/mol. The molecule has 0 aliphatic heterocycles. The minimum Gasteiger partial charge on any atom is -0.294 e. The van der Waals surface area contributed by atoms with Crippen molar-refractivity contribution in [2.45, 2.75) is 59.3 Å². The number of carbonyl (C=O) groups excluding carboxylic acids is 3. The number of hydrogen-bond acceptors (Lipinski definition) is 6. The van der Waals surface area contributed by atoms with Gasteiger partial charge in [0.05, 0.1) is 0 Å². The highest BCUT2D eigenvalue weighted by Crippen LogP contribution is 1.88. The van der Waals surface area contributed by atoms with E-state index in [1.807, 2.05) is 12.3 Å². The fraction of sp³-hybridized carbons (Fsp3) is 0.643. The third kappa shape index (κ3) is 22.1. The number of carbonyl (C=O) groups is 3. The quantitative estimate of drug-likeness (QED) is 0.213. The SMILES string of the molecule is CCC/C=N/NC(=O)CCC(=O)NN.CCC/C=N/NC(C)=O. The molecule has 9 nitrogen and oxygen atoms in total. The maximum atomic E-state index is 11.0. The van der Waals surface area contributed by atoms with Crippen LogP contribution in [0.2, 0.25) is 0 Å². The average molecular weight is 328 g/mol. The lowest BCUT2D eigenvalue weighted by atomic mass is 10.3. The lowest BCUT2D eigenvalue weighted by Gasteiger charge is -1.98. The molecule has 0 saturated carbocycles. The van der Waals surface area contributed by atoms with Gasteiger partial charge in [-0.1, -0.05) is 26.7 Å². The van der Waals surface area contributed by atoms with E-state index in [0.717, 1.165) is 25.7 Å². The van der Waals surface area contributed by atoms with E-state index in [1.54, 1.807) is 12.4 Å². The number of nitrogens with zero attached hydrogens (tertiary/aromatic N) is 2. The van der Waals surface area contributed by atoms with Crippen LogP contribution in [0, 0.1) is 0 Å². The smallest absolute Gasteiger partial charge is 0.240 e. The Bertz CT molecular complexity index is 396. The summed E-state index contributed by atoms with van der Waals surface area (Å²) in [6.45, 7) is 5.50. The summed E-state index contributed by atoms with van der Waals surface area (Å²) < 4.78 is 0. The van der Waals surface area contributed by atoms with Crippen molar-refractivity contribution in [3.63, 3.8) is 0 Å². The number of unbranched alkanes of at least 4 members (excludes halogenated alkanes) is 2. The summed E-state index contributed by atoms with van der Waals surface area (Å²) in [5.41, 5.74) is 6.56. The second-order valence-electron chi connectivity index (χ2n) is 4.47. The van der Waals surface area contributed by atoms with Crippen LogP contribution in [-0.2, 0) is 14.4 Å². The number of nitrogens with one attached hydrogen (secondary N) is 3.